The third-order valence-corrected chi connectivity index (χ3v) is 8.36. The van der Waals surface area contributed by atoms with E-state index in [9.17, 15) is 24.9 Å². The Morgan fingerprint density at radius 1 is 0.872 bits per heavy atom. The minimum absolute atomic E-state index is 0.00201. The van der Waals surface area contributed by atoms with Crippen molar-refractivity contribution in [3.63, 3.8) is 0 Å². The molecule has 2 heterocycles. The Hall–Kier alpha value is -5.48. The van der Waals surface area contributed by atoms with Crippen LogP contribution in [0.4, 0.5) is 0 Å². The van der Waals surface area contributed by atoms with Crippen LogP contribution in [0.1, 0.15) is 29.0 Å². The summed E-state index contributed by atoms with van der Waals surface area (Å²) in [6.07, 6.45) is 0.499. The van der Waals surface area contributed by atoms with E-state index in [1.165, 1.54) is 6.07 Å². The van der Waals surface area contributed by atoms with E-state index in [0.717, 1.165) is 11.3 Å². The lowest BCUT2D eigenvalue weighted by molar-refractivity contribution is -0.135. The van der Waals surface area contributed by atoms with Crippen LogP contribution >= 0.6 is 0 Å². The molecule has 1 saturated heterocycles. The minimum atomic E-state index is -0.904. The molecule has 1 fully saturated rings. The predicted octanol–water partition coefficient (Wildman–Crippen LogP) is 5.59. The normalized spacial score (nSPS) is 13.8. The molecule has 6 rings (SSSR count). The first-order chi connectivity index (χ1) is 22.8. The zero-order valence-electron chi connectivity index (χ0n) is 25.8. The number of rotatable bonds is 10. The highest BCUT2D eigenvalue weighted by Crippen LogP contribution is 2.49. The fourth-order valence-corrected chi connectivity index (χ4v) is 5.84. The molecule has 47 heavy (non-hydrogen) atoms. The van der Waals surface area contributed by atoms with Crippen LogP contribution in [0.2, 0.25) is 0 Å². The van der Waals surface area contributed by atoms with Crippen molar-refractivity contribution in [2.75, 3.05) is 40.0 Å². The van der Waals surface area contributed by atoms with Gasteiger partial charge in [0.25, 0.3) is 0 Å². The zero-order chi connectivity index (χ0) is 32.9. The Kier molecular flexibility index (Phi) is 9.30. The lowest BCUT2D eigenvalue weighted by Gasteiger charge is -2.29. The van der Waals surface area contributed by atoms with Crippen molar-refractivity contribution in [3.8, 4) is 40.1 Å². The van der Waals surface area contributed by atoms with Crippen molar-refractivity contribution in [2.24, 2.45) is 0 Å². The van der Waals surface area contributed by atoms with Crippen molar-refractivity contribution >= 4 is 16.9 Å². The molecule has 1 aliphatic heterocycles. The van der Waals surface area contributed by atoms with E-state index < -0.39 is 28.6 Å². The number of amides is 1. The second-order valence-electron chi connectivity index (χ2n) is 11.3. The van der Waals surface area contributed by atoms with Gasteiger partial charge in [0.2, 0.25) is 11.7 Å². The third-order valence-electron chi connectivity index (χ3n) is 8.36. The fraction of sp³-hybridized carbons (Fsp3) is 0.243. The predicted molar refractivity (Wildman–Crippen MR) is 175 cm³/mol. The smallest absolute Gasteiger partial charge is 0.223 e. The number of nitrogens with zero attached hydrogens (tertiary/aromatic N) is 1. The highest BCUT2D eigenvalue weighted by molar-refractivity contribution is 5.94. The Balaban J connectivity index is 1.43. The van der Waals surface area contributed by atoms with Crippen LogP contribution in [0.15, 0.2) is 94.1 Å². The highest BCUT2D eigenvalue weighted by Gasteiger charge is 2.32. The van der Waals surface area contributed by atoms with Crippen LogP contribution in [0.25, 0.3) is 22.3 Å². The van der Waals surface area contributed by atoms with Gasteiger partial charge in [-0.3, -0.25) is 9.59 Å². The van der Waals surface area contributed by atoms with E-state index in [0.29, 0.717) is 56.2 Å². The third kappa shape index (κ3) is 6.73. The molecule has 242 valence electrons. The molecule has 10 nitrogen and oxygen atoms in total. The number of carbonyl (C=O) groups excluding carboxylic acids is 1. The van der Waals surface area contributed by atoms with Crippen molar-refractivity contribution in [1.82, 2.24) is 4.90 Å². The van der Waals surface area contributed by atoms with Gasteiger partial charge >= 0.3 is 0 Å². The minimum Gasteiger partial charge on any atom is -0.504 e. The van der Waals surface area contributed by atoms with Crippen LogP contribution in [0.5, 0.6) is 28.7 Å². The summed E-state index contributed by atoms with van der Waals surface area (Å²) in [6.45, 7) is 1.98. The largest absolute Gasteiger partial charge is 0.504 e. The molecule has 0 unspecified atom stereocenters. The molecule has 3 N–H and O–H groups in total. The molecule has 0 spiro atoms. The summed E-state index contributed by atoms with van der Waals surface area (Å²) >= 11 is 0. The topological polar surface area (TPSA) is 139 Å². The fourth-order valence-electron chi connectivity index (χ4n) is 5.84. The van der Waals surface area contributed by atoms with Gasteiger partial charge in [-0.15, -0.1) is 0 Å². The molecule has 0 bridgehead atoms. The van der Waals surface area contributed by atoms with Crippen molar-refractivity contribution in [1.29, 1.82) is 0 Å². The molecule has 0 aliphatic carbocycles. The Labute approximate surface area is 271 Å². The second kappa shape index (κ2) is 13.9. The molecule has 0 saturated carbocycles. The van der Waals surface area contributed by atoms with Crippen LogP contribution in [0.3, 0.4) is 0 Å². The van der Waals surface area contributed by atoms with E-state index >= 15 is 0 Å². The number of morpholine rings is 1. The van der Waals surface area contributed by atoms with Gasteiger partial charge in [-0.2, -0.15) is 0 Å². The zero-order valence-corrected chi connectivity index (χ0v) is 25.8. The molecule has 1 amide bonds. The lowest BCUT2D eigenvalue weighted by atomic mass is 9.85. The standard InChI is InChI=1S/C37H35NO9/c1-44-26-12-10-23(11-13-26)14-17-46-27-9-5-8-25(20-27)28(21-31(40)38-15-18-45-19-16-38)32-34(41)36(43)35(42)33-29(39)22-30(47-37(32)33)24-6-3-2-4-7-24/h2-13,20,22,28,41-43H,14-19,21H2,1H3/t28-/m1/s1. The Morgan fingerprint density at radius 3 is 2.34 bits per heavy atom. The quantitative estimate of drug-likeness (QED) is 0.167. The molecule has 0 radical (unpaired) electrons. The van der Waals surface area contributed by atoms with Gasteiger partial charge in [0.1, 0.15) is 28.2 Å². The van der Waals surface area contributed by atoms with Gasteiger partial charge in [0.05, 0.1) is 26.9 Å². The number of hydrogen-bond donors (Lipinski definition) is 3. The van der Waals surface area contributed by atoms with E-state index in [2.05, 4.69) is 0 Å². The number of methoxy groups -OCH3 is 1. The number of phenols is 3. The van der Waals surface area contributed by atoms with Crippen molar-refractivity contribution in [3.05, 3.63) is 112 Å². The highest BCUT2D eigenvalue weighted by atomic mass is 16.5. The number of phenolic OH excluding ortho intramolecular Hbond substituents is 3. The van der Waals surface area contributed by atoms with Gasteiger partial charge in [0.15, 0.2) is 16.9 Å². The van der Waals surface area contributed by atoms with E-state index in [1.807, 2.05) is 30.3 Å². The first kappa shape index (κ1) is 31.5. The summed E-state index contributed by atoms with van der Waals surface area (Å²) in [4.78, 5) is 28.8. The molecule has 1 atom stereocenters. The summed E-state index contributed by atoms with van der Waals surface area (Å²) in [5.74, 6) is -1.99. The van der Waals surface area contributed by atoms with Crippen LogP contribution in [-0.2, 0) is 16.0 Å². The van der Waals surface area contributed by atoms with Gasteiger partial charge < -0.3 is 38.8 Å². The van der Waals surface area contributed by atoms with E-state index in [1.54, 1.807) is 60.5 Å². The molecule has 1 aromatic heterocycles. The molecular weight excluding hydrogens is 602 g/mol. The summed E-state index contributed by atoms with van der Waals surface area (Å²) in [7, 11) is 1.62. The van der Waals surface area contributed by atoms with E-state index in [-0.39, 0.29) is 34.6 Å². The Bertz CT molecular complexity index is 1930. The van der Waals surface area contributed by atoms with Crippen molar-refractivity contribution < 1.29 is 38.7 Å². The number of fused-ring (bicyclic) bond motifs is 1. The van der Waals surface area contributed by atoms with Crippen LogP contribution in [0, 0.1) is 0 Å². The molecule has 10 heteroatoms. The van der Waals surface area contributed by atoms with Gasteiger partial charge in [-0.1, -0.05) is 54.6 Å². The van der Waals surface area contributed by atoms with Crippen LogP contribution < -0.4 is 14.9 Å². The molecule has 5 aromatic rings. The van der Waals surface area contributed by atoms with Gasteiger partial charge in [-0.25, -0.2) is 0 Å². The number of benzene rings is 4. The number of hydrogen-bond acceptors (Lipinski definition) is 9. The molecule has 4 aromatic carbocycles. The van der Waals surface area contributed by atoms with Gasteiger partial charge in [-0.05, 0) is 35.4 Å². The average molecular weight is 638 g/mol. The first-order valence-electron chi connectivity index (χ1n) is 15.3. The summed E-state index contributed by atoms with van der Waals surface area (Å²) in [5, 5.41) is 32.8. The number of ether oxygens (including phenoxy) is 3. The SMILES string of the molecule is COc1ccc(CCOc2cccc([C@@H](CC(=O)N3CCOCC3)c3c(O)c(O)c(O)c4c(=O)cc(-c5ccccc5)oc34)c2)cc1. The van der Waals surface area contributed by atoms with Crippen molar-refractivity contribution in [2.45, 2.75) is 18.8 Å². The van der Waals surface area contributed by atoms with Crippen LogP contribution in [-0.4, -0.2) is 66.1 Å². The molecular formula is C37H35NO9. The Morgan fingerprint density at radius 2 is 1.62 bits per heavy atom. The summed E-state index contributed by atoms with van der Waals surface area (Å²) in [6, 6.07) is 25.0. The first-order valence-corrected chi connectivity index (χ1v) is 15.3. The average Bonchev–Trinajstić information content (AvgIpc) is 3.11. The molecule has 1 aliphatic rings. The second-order valence-corrected chi connectivity index (χ2v) is 11.3. The number of carbonyl (C=O) groups is 1. The summed E-state index contributed by atoms with van der Waals surface area (Å²) in [5.41, 5.74) is 1.49. The lowest BCUT2D eigenvalue weighted by Crippen LogP contribution is -2.41. The number of aromatic hydroxyl groups is 3. The van der Waals surface area contributed by atoms with Gasteiger partial charge in [0, 0.05) is 49.0 Å². The monoisotopic (exact) mass is 637 g/mol. The maximum Gasteiger partial charge on any atom is 0.223 e. The maximum absolute atomic E-state index is 13.7. The maximum atomic E-state index is 13.7. The van der Waals surface area contributed by atoms with E-state index in [4.69, 9.17) is 18.6 Å². The summed E-state index contributed by atoms with van der Waals surface area (Å²) < 4.78 is 23.0.